The summed E-state index contributed by atoms with van der Waals surface area (Å²) in [5.74, 6) is 0.496. The summed E-state index contributed by atoms with van der Waals surface area (Å²) in [4.78, 5) is 0. The maximum absolute atomic E-state index is 9.03. The largest absolute Gasteiger partial charge is 0.300 e. The van der Waals surface area contributed by atoms with Crippen molar-refractivity contribution in [1.82, 2.24) is 0 Å². The Morgan fingerprint density at radius 3 is 2.09 bits per heavy atom. The van der Waals surface area contributed by atoms with Crippen molar-refractivity contribution in [1.29, 1.82) is 0 Å². The van der Waals surface area contributed by atoms with E-state index in [4.69, 9.17) is 20.2 Å². The van der Waals surface area contributed by atoms with E-state index < -0.39 is 18.0 Å². The van der Waals surface area contributed by atoms with Crippen molar-refractivity contribution in [2.45, 2.75) is 25.6 Å². The molecule has 0 atom stereocenters. The second-order valence-corrected chi connectivity index (χ2v) is 12.9. The molecule has 0 radical (unpaired) electrons. The van der Waals surface area contributed by atoms with E-state index in [-0.39, 0.29) is 0 Å². The molecule has 0 aliphatic carbocycles. The SMILES string of the molecule is C[Si](C)(Cl)CCCS(C)(O)O. The third-order valence-corrected chi connectivity index (χ3v) is 4.47. The highest BCUT2D eigenvalue weighted by atomic mass is 35.6. The first kappa shape index (κ1) is 11.8. The van der Waals surface area contributed by atoms with Gasteiger partial charge < -0.3 is 0 Å². The van der Waals surface area contributed by atoms with Crippen LogP contribution in [-0.4, -0.2) is 28.5 Å². The zero-order valence-corrected chi connectivity index (χ0v) is 9.87. The van der Waals surface area contributed by atoms with Gasteiger partial charge in [-0.05, 0) is 12.5 Å². The lowest BCUT2D eigenvalue weighted by Gasteiger charge is -2.27. The maximum Gasteiger partial charge on any atom is 0.150 e. The van der Waals surface area contributed by atoms with Crippen molar-refractivity contribution >= 4 is 29.1 Å². The van der Waals surface area contributed by atoms with Crippen molar-refractivity contribution in [2.24, 2.45) is 0 Å². The van der Waals surface area contributed by atoms with Crippen LogP contribution in [0, 0.1) is 0 Å². The van der Waals surface area contributed by atoms with E-state index in [1.165, 1.54) is 6.26 Å². The summed E-state index contributed by atoms with van der Waals surface area (Å²) in [6.07, 6.45) is 2.32. The monoisotopic (exact) mass is 216 g/mol. The predicted octanol–water partition coefficient (Wildman–Crippen LogP) is 3.20. The van der Waals surface area contributed by atoms with Gasteiger partial charge in [0.05, 0.1) is 0 Å². The molecule has 2 N–H and O–H groups in total. The maximum atomic E-state index is 9.03. The van der Waals surface area contributed by atoms with Gasteiger partial charge in [-0.2, -0.15) is 21.7 Å². The Balaban J connectivity index is 3.44. The van der Waals surface area contributed by atoms with Crippen molar-refractivity contribution in [3.8, 4) is 0 Å². The summed E-state index contributed by atoms with van der Waals surface area (Å²) in [7, 11) is -3.78. The molecule has 70 valence electrons. The second kappa shape index (κ2) is 4.14. The van der Waals surface area contributed by atoms with Gasteiger partial charge in [0.1, 0.15) is 0 Å². The molecule has 0 aromatic carbocycles. The van der Waals surface area contributed by atoms with Crippen molar-refractivity contribution < 1.29 is 9.11 Å². The van der Waals surface area contributed by atoms with E-state index in [1.54, 1.807) is 0 Å². The zero-order chi connectivity index (χ0) is 9.12. The van der Waals surface area contributed by atoms with E-state index in [1.807, 2.05) is 0 Å². The van der Waals surface area contributed by atoms with Crippen LogP contribution in [0.3, 0.4) is 0 Å². The highest BCUT2D eigenvalue weighted by Crippen LogP contribution is 2.35. The van der Waals surface area contributed by atoms with Crippen LogP contribution >= 0.6 is 21.7 Å². The fraction of sp³-hybridized carbons (Fsp3) is 1.00. The average molecular weight is 217 g/mol. The van der Waals surface area contributed by atoms with Gasteiger partial charge in [0.15, 0.2) is 7.38 Å². The normalized spacial score (nSPS) is 15.1. The van der Waals surface area contributed by atoms with E-state index in [0.717, 1.165) is 12.5 Å². The summed E-state index contributed by atoms with van der Waals surface area (Å²) < 4.78 is 18.1. The minimum absolute atomic E-state index is 0.496. The standard InChI is InChI=1S/C6H17ClO2SSi/c1-10(8,9)5-4-6-11(2,3)7/h8-9H,4-6H2,1-3H3. The molecule has 0 unspecified atom stereocenters. The molecule has 0 aliphatic heterocycles. The van der Waals surface area contributed by atoms with Crippen molar-refractivity contribution in [3.63, 3.8) is 0 Å². The number of hydrogen-bond acceptors (Lipinski definition) is 2. The van der Waals surface area contributed by atoms with E-state index in [9.17, 15) is 0 Å². The number of rotatable bonds is 4. The van der Waals surface area contributed by atoms with Crippen LogP contribution in [-0.2, 0) is 0 Å². The fourth-order valence-corrected chi connectivity index (χ4v) is 3.13. The Morgan fingerprint density at radius 1 is 1.36 bits per heavy atom. The van der Waals surface area contributed by atoms with Gasteiger partial charge in [-0.3, -0.25) is 9.11 Å². The molecule has 0 fully saturated rings. The third kappa shape index (κ3) is 10.8. The minimum atomic E-state index is -2.28. The molecule has 2 nitrogen and oxygen atoms in total. The summed E-state index contributed by atoms with van der Waals surface area (Å²) >= 11 is 6.05. The van der Waals surface area contributed by atoms with Gasteiger partial charge in [0, 0.05) is 12.0 Å². The Kier molecular flexibility index (Phi) is 4.43. The predicted molar refractivity (Wildman–Crippen MR) is 56.4 cm³/mol. The molecule has 0 amide bonds. The molecule has 11 heavy (non-hydrogen) atoms. The van der Waals surface area contributed by atoms with Crippen LogP contribution in [0.15, 0.2) is 0 Å². The summed E-state index contributed by atoms with van der Waals surface area (Å²) in [5, 5.41) is 0. The Bertz CT molecular complexity index is 105. The van der Waals surface area contributed by atoms with Gasteiger partial charge >= 0.3 is 0 Å². The minimum Gasteiger partial charge on any atom is -0.300 e. The zero-order valence-electron chi connectivity index (χ0n) is 7.30. The molecule has 0 bridgehead atoms. The highest BCUT2D eigenvalue weighted by molar-refractivity contribution is 8.23. The smallest absolute Gasteiger partial charge is 0.150 e. The van der Waals surface area contributed by atoms with Crippen LogP contribution in [0.5, 0.6) is 0 Å². The van der Waals surface area contributed by atoms with Crippen molar-refractivity contribution in [3.05, 3.63) is 0 Å². The molecule has 0 saturated carbocycles. The molecule has 5 heteroatoms. The number of halogens is 1. The van der Waals surface area contributed by atoms with Gasteiger partial charge in [-0.1, -0.05) is 13.1 Å². The quantitative estimate of drug-likeness (QED) is 0.560. The fourth-order valence-electron chi connectivity index (χ4n) is 0.766. The molecule has 0 saturated heterocycles. The first-order valence-electron chi connectivity index (χ1n) is 3.60. The molecular weight excluding hydrogens is 200 g/mol. The summed E-state index contributed by atoms with van der Waals surface area (Å²) in [6, 6.07) is 0.957. The first-order chi connectivity index (χ1) is 4.71. The van der Waals surface area contributed by atoms with Gasteiger partial charge in [0.2, 0.25) is 0 Å². The van der Waals surface area contributed by atoms with Crippen LogP contribution < -0.4 is 0 Å². The van der Waals surface area contributed by atoms with E-state index in [0.29, 0.717) is 5.75 Å². The lowest BCUT2D eigenvalue weighted by molar-refractivity contribution is 0.494. The van der Waals surface area contributed by atoms with E-state index in [2.05, 4.69) is 13.1 Å². The highest BCUT2D eigenvalue weighted by Gasteiger charge is 2.17. The lowest BCUT2D eigenvalue weighted by atomic mass is 10.6. The van der Waals surface area contributed by atoms with Crippen molar-refractivity contribution in [2.75, 3.05) is 12.0 Å². The number of hydrogen-bond donors (Lipinski definition) is 2. The summed E-state index contributed by atoms with van der Waals surface area (Å²) in [6.45, 7) is 4.13. The second-order valence-electron chi connectivity index (χ2n) is 3.52. The average Bonchev–Trinajstić information content (AvgIpc) is 1.55. The van der Waals surface area contributed by atoms with Crippen LogP contribution in [0.25, 0.3) is 0 Å². The van der Waals surface area contributed by atoms with Gasteiger partial charge in [-0.15, -0.1) is 0 Å². The Hall–Kier alpha value is 0.777. The molecule has 0 heterocycles. The third-order valence-electron chi connectivity index (χ3n) is 1.30. The molecule has 0 aromatic rings. The van der Waals surface area contributed by atoms with Gasteiger partial charge in [0.25, 0.3) is 0 Å². The molecule has 0 aliphatic rings. The van der Waals surface area contributed by atoms with E-state index >= 15 is 0 Å². The molecule has 0 aromatic heterocycles. The summed E-state index contributed by atoms with van der Waals surface area (Å²) in [5.41, 5.74) is 0. The lowest BCUT2D eigenvalue weighted by Crippen LogP contribution is -2.16. The van der Waals surface area contributed by atoms with Crippen LogP contribution in [0.4, 0.5) is 0 Å². The van der Waals surface area contributed by atoms with Gasteiger partial charge in [-0.25, -0.2) is 0 Å². The molecular formula is C6H17ClO2SSi. The van der Waals surface area contributed by atoms with Crippen LogP contribution in [0.1, 0.15) is 6.42 Å². The van der Waals surface area contributed by atoms with Crippen LogP contribution in [0.2, 0.25) is 19.1 Å². The Labute approximate surface area is 76.0 Å². The molecule has 0 rings (SSSR count). The topological polar surface area (TPSA) is 40.5 Å². The Morgan fingerprint density at radius 2 is 1.82 bits per heavy atom. The first-order valence-corrected chi connectivity index (χ1v) is 9.95. The molecule has 0 spiro atoms.